The zero-order valence-electron chi connectivity index (χ0n) is 12.2. The van der Waals surface area contributed by atoms with E-state index in [0.717, 1.165) is 0 Å². The third-order valence-corrected chi connectivity index (χ3v) is 3.21. The highest BCUT2D eigenvalue weighted by Crippen LogP contribution is 2.19. The molecule has 0 aliphatic rings. The fourth-order valence-corrected chi connectivity index (χ4v) is 2.18. The number of nitro benzene ring substituents is 1. The van der Waals surface area contributed by atoms with E-state index in [1.807, 2.05) is 13.8 Å². The number of rotatable bonds is 5. The predicted octanol–water partition coefficient (Wildman–Crippen LogP) is 2.07. The van der Waals surface area contributed by atoms with Crippen molar-refractivity contribution in [2.75, 3.05) is 13.7 Å². The Morgan fingerprint density at radius 3 is 2.71 bits per heavy atom. The molecule has 0 saturated carbocycles. The van der Waals surface area contributed by atoms with Crippen LogP contribution in [0.25, 0.3) is 10.9 Å². The van der Waals surface area contributed by atoms with E-state index in [9.17, 15) is 14.9 Å². The molecule has 1 aromatic carbocycles. The van der Waals surface area contributed by atoms with Gasteiger partial charge in [-0.05, 0) is 6.07 Å². The van der Waals surface area contributed by atoms with Gasteiger partial charge in [-0.1, -0.05) is 13.8 Å². The second kappa shape index (κ2) is 6.01. The van der Waals surface area contributed by atoms with Crippen molar-refractivity contribution in [3.05, 3.63) is 44.5 Å². The van der Waals surface area contributed by atoms with Crippen molar-refractivity contribution in [1.29, 1.82) is 0 Å². The summed E-state index contributed by atoms with van der Waals surface area (Å²) in [6.07, 6.45) is 0. The van der Waals surface area contributed by atoms with E-state index in [1.54, 1.807) is 7.11 Å². The van der Waals surface area contributed by atoms with E-state index in [1.165, 1.54) is 22.8 Å². The molecule has 0 fully saturated rings. The number of nitrogens with zero attached hydrogens (tertiary/aromatic N) is 3. The molecule has 0 aliphatic carbocycles. The summed E-state index contributed by atoms with van der Waals surface area (Å²) in [6, 6.07) is 4.15. The van der Waals surface area contributed by atoms with Crippen molar-refractivity contribution in [3.8, 4) is 0 Å². The van der Waals surface area contributed by atoms with Crippen LogP contribution < -0.4 is 5.56 Å². The lowest BCUT2D eigenvalue weighted by Crippen LogP contribution is -2.27. The SMILES string of the molecule is COCCn1c(C(C)C)nc2ccc([N+](=O)[O-])cc2c1=O. The van der Waals surface area contributed by atoms with Gasteiger partial charge in [0.2, 0.25) is 0 Å². The highest BCUT2D eigenvalue weighted by Gasteiger charge is 2.16. The Bertz CT molecular complexity index is 737. The minimum Gasteiger partial charge on any atom is -0.383 e. The van der Waals surface area contributed by atoms with Crippen molar-refractivity contribution in [2.45, 2.75) is 26.3 Å². The maximum atomic E-state index is 12.6. The van der Waals surface area contributed by atoms with E-state index in [0.29, 0.717) is 24.5 Å². The zero-order valence-corrected chi connectivity index (χ0v) is 12.2. The van der Waals surface area contributed by atoms with Crippen LogP contribution in [0.5, 0.6) is 0 Å². The number of nitro groups is 1. The number of hydrogen-bond acceptors (Lipinski definition) is 5. The van der Waals surface area contributed by atoms with Crippen molar-refractivity contribution < 1.29 is 9.66 Å². The second-order valence-corrected chi connectivity index (χ2v) is 5.03. The maximum absolute atomic E-state index is 12.6. The normalized spacial score (nSPS) is 11.2. The van der Waals surface area contributed by atoms with Crippen LogP contribution in [0.3, 0.4) is 0 Å². The van der Waals surface area contributed by atoms with Crippen molar-refractivity contribution in [1.82, 2.24) is 9.55 Å². The van der Waals surface area contributed by atoms with Gasteiger partial charge in [0.1, 0.15) is 5.82 Å². The van der Waals surface area contributed by atoms with Gasteiger partial charge in [-0.25, -0.2) is 4.98 Å². The van der Waals surface area contributed by atoms with E-state index < -0.39 is 4.92 Å². The number of methoxy groups -OCH3 is 1. The Kier molecular flexibility index (Phi) is 4.32. The first-order chi connectivity index (χ1) is 9.95. The molecule has 0 unspecified atom stereocenters. The van der Waals surface area contributed by atoms with Gasteiger partial charge in [-0.15, -0.1) is 0 Å². The minimum atomic E-state index is -0.519. The predicted molar refractivity (Wildman–Crippen MR) is 78.6 cm³/mol. The van der Waals surface area contributed by atoms with Crippen LogP contribution in [-0.2, 0) is 11.3 Å². The summed E-state index contributed by atoms with van der Waals surface area (Å²) in [5.74, 6) is 0.715. The molecule has 112 valence electrons. The number of non-ortho nitro benzene ring substituents is 1. The Balaban J connectivity index is 2.72. The minimum absolute atomic E-state index is 0.0640. The van der Waals surface area contributed by atoms with Crippen LogP contribution in [0.1, 0.15) is 25.6 Å². The molecule has 0 aliphatic heterocycles. The first-order valence-corrected chi connectivity index (χ1v) is 6.63. The highest BCUT2D eigenvalue weighted by molar-refractivity contribution is 5.80. The summed E-state index contributed by atoms with van der Waals surface area (Å²) in [4.78, 5) is 27.4. The molecule has 1 heterocycles. The molecule has 1 aromatic heterocycles. The average molecular weight is 291 g/mol. The standard InChI is InChI=1S/C14H17N3O4/c1-9(2)13-15-12-5-4-10(17(19)20)8-11(12)14(18)16(13)6-7-21-3/h4-5,8-9H,6-7H2,1-3H3. The number of hydrogen-bond donors (Lipinski definition) is 0. The molecule has 0 amide bonds. The van der Waals surface area contributed by atoms with Gasteiger partial charge in [-0.3, -0.25) is 19.5 Å². The summed E-state index contributed by atoms with van der Waals surface area (Å²) in [6.45, 7) is 4.64. The quantitative estimate of drug-likeness (QED) is 0.621. The summed E-state index contributed by atoms with van der Waals surface area (Å²) in [5.41, 5.74) is 0.0874. The smallest absolute Gasteiger partial charge is 0.270 e. The topological polar surface area (TPSA) is 87.3 Å². The zero-order chi connectivity index (χ0) is 15.6. The van der Waals surface area contributed by atoms with Crippen molar-refractivity contribution in [3.63, 3.8) is 0 Å². The summed E-state index contributed by atoms with van der Waals surface area (Å²) in [7, 11) is 1.55. The van der Waals surface area contributed by atoms with Crippen LogP contribution in [0, 0.1) is 10.1 Å². The number of fused-ring (bicyclic) bond motifs is 1. The molecular formula is C14H17N3O4. The molecule has 7 heteroatoms. The van der Waals surface area contributed by atoms with Crippen LogP contribution in [-0.4, -0.2) is 28.2 Å². The molecule has 0 N–H and O–H groups in total. The van der Waals surface area contributed by atoms with E-state index in [2.05, 4.69) is 4.98 Å². The third-order valence-electron chi connectivity index (χ3n) is 3.21. The Labute approximate surface area is 121 Å². The largest absolute Gasteiger partial charge is 0.383 e. The molecular weight excluding hydrogens is 274 g/mol. The van der Waals surface area contributed by atoms with Crippen LogP contribution in [0.2, 0.25) is 0 Å². The van der Waals surface area contributed by atoms with Crippen molar-refractivity contribution >= 4 is 16.6 Å². The summed E-state index contributed by atoms with van der Waals surface area (Å²) in [5, 5.41) is 11.1. The van der Waals surface area contributed by atoms with E-state index >= 15 is 0 Å². The molecule has 0 radical (unpaired) electrons. The lowest BCUT2D eigenvalue weighted by molar-refractivity contribution is -0.384. The fourth-order valence-electron chi connectivity index (χ4n) is 2.18. The number of benzene rings is 1. The van der Waals surface area contributed by atoms with Gasteiger partial charge < -0.3 is 4.74 Å². The lowest BCUT2D eigenvalue weighted by Gasteiger charge is -2.15. The summed E-state index contributed by atoms with van der Waals surface area (Å²) >= 11 is 0. The Hall–Kier alpha value is -2.28. The van der Waals surface area contributed by atoms with Gasteiger partial charge in [0.05, 0.1) is 29.0 Å². The monoisotopic (exact) mass is 291 g/mol. The maximum Gasteiger partial charge on any atom is 0.270 e. The fraction of sp³-hybridized carbons (Fsp3) is 0.429. The lowest BCUT2D eigenvalue weighted by atomic mass is 10.1. The number of ether oxygens (including phenoxy) is 1. The average Bonchev–Trinajstić information content (AvgIpc) is 2.45. The summed E-state index contributed by atoms with van der Waals surface area (Å²) < 4.78 is 6.54. The Morgan fingerprint density at radius 2 is 2.14 bits per heavy atom. The second-order valence-electron chi connectivity index (χ2n) is 5.03. The molecule has 7 nitrogen and oxygen atoms in total. The first-order valence-electron chi connectivity index (χ1n) is 6.63. The number of aromatic nitrogens is 2. The van der Waals surface area contributed by atoms with Crippen LogP contribution in [0.4, 0.5) is 5.69 Å². The molecule has 2 rings (SSSR count). The highest BCUT2D eigenvalue weighted by atomic mass is 16.6. The molecule has 0 bridgehead atoms. The molecule has 0 saturated heterocycles. The molecule has 2 aromatic rings. The third kappa shape index (κ3) is 2.92. The van der Waals surface area contributed by atoms with E-state index in [4.69, 9.17) is 4.74 Å². The van der Waals surface area contributed by atoms with Gasteiger partial charge in [0.15, 0.2) is 0 Å². The van der Waals surface area contributed by atoms with Gasteiger partial charge in [0, 0.05) is 25.2 Å². The van der Waals surface area contributed by atoms with Gasteiger partial charge >= 0.3 is 0 Å². The van der Waals surface area contributed by atoms with Crippen LogP contribution >= 0.6 is 0 Å². The van der Waals surface area contributed by atoms with Gasteiger partial charge in [0.25, 0.3) is 11.2 Å². The molecule has 0 atom stereocenters. The van der Waals surface area contributed by atoms with E-state index in [-0.39, 0.29) is 22.6 Å². The Morgan fingerprint density at radius 1 is 1.43 bits per heavy atom. The van der Waals surface area contributed by atoms with Crippen LogP contribution in [0.15, 0.2) is 23.0 Å². The molecule has 21 heavy (non-hydrogen) atoms. The molecule has 0 spiro atoms. The first kappa shape index (κ1) is 15.1. The van der Waals surface area contributed by atoms with Gasteiger partial charge in [-0.2, -0.15) is 0 Å². The van der Waals surface area contributed by atoms with Crippen molar-refractivity contribution in [2.24, 2.45) is 0 Å².